The third-order valence-electron chi connectivity index (χ3n) is 5.11. The summed E-state index contributed by atoms with van der Waals surface area (Å²) in [5.41, 5.74) is 1.22. The van der Waals surface area contributed by atoms with Crippen LogP contribution >= 0.6 is 15.6 Å². The highest BCUT2D eigenvalue weighted by atomic mass is 31.2. The zero-order valence-corrected chi connectivity index (χ0v) is 19.2. The molecule has 34 heavy (non-hydrogen) atoms. The summed E-state index contributed by atoms with van der Waals surface area (Å²) in [7, 11) is -11.4. The standard InChI is InChI=1S/C20H24O12P2/c21-33(22,23)31-17-16-15(12-28-19(30-16)14-9-5-2-6-10-14)29-20(18(17)32-34(24,25)26)27-11-13-7-3-1-4-8-13/h1-10,15-20H,11-12H2,(H2,21,22,23)(H2,24,25,26)/p-4/t15-,16+,17+,18-,19?,20-/m1/s1. The van der Waals surface area contributed by atoms with Gasteiger partial charge >= 0.3 is 0 Å². The fraction of sp³-hybridized carbons (Fsp3) is 0.400. The topological polar surface area (TPSA) is 182 Å². The first-order chi connectivity index (χ1) is 16.1. The molecule has 2 fully saturated rings. The Balaban J connectivity index is 1.62. The molecule has 0 amide bonds. The third kappa shape index (κ3) is 6.79. The lowest BCUT2D eigenvalue weighted by Gasteiger charge is -2.52. The number of phosphoric acid groups is 2. The van der Waals surface area contributed by atoms with E-state index in [9.17, 15) is 28.7 Å². The highest BCUT2D eigenvalue weighted by molar-refractivity contribution is 7.43. The average Bonchev–Trinajstić information content (AvgIpc) is 2.79. The van der Waals surface area contributed by atoms with Gasteiger partial charge in [0.1, 0.15) is 24.4 Å². The van der Waals surface area contributed by atoms with Gasteiger partial charge in [-0.1, -0.05) is 60.7 Å². The molecule has 2 saturated heterocycles. The lowest BCUT2D eigenvalue weighted by molar-refractivity contribution is -0.396. The van der Waals surface area contributed by atoms with Crippen molar-refractivity contribution in [2.45, 2.75) is 43.6 Å². The van der Waals surface area contributed by atoms with Gasteiger partial charge in [0.25, 0.3) is 0 Å². The van der Waals surface area contributed by atoms with Crippen LogP contribution in [0, 0.1) is 0 Å². The van der Waals surface area contributed by atoms with Gasteiger partial charge in [-0.15, -0.1) is 0 Å². The van der Waals surface area contributed by atoms with Gasteiger partial charge in [0.2, 0.25) is 0 Å². The summed E-state index contributed by atoms with van der Waals surface area (Å²) >= 11 is 0. The van der Waals surface area contributed by atoms with Crippen molar-refractivity contribution in [2.75, 3.05) is 6.61 Å². The molecule has 0 saturated carbocycles. The van der Waals surface area contributed by atoms with Crippen molar-refractivity contribution in [1.29, 1.82) is 0 Å². The molecule has 0 spiro atoms. The molecule has 186 valence electrons. The van der Waals surface area contributed by atoms with Crippen LogP contribution in [0.1, 0.15) is 17.4 Å². The molecule has 2 aliphatic rings. The van der Waals surface area contributed by atoms with Crippen LogP contribution in [0.5, 0.6) is 0 Å². The van der Waals surface area contributed by atoms with Gasteiger partial charge in [-0.3, -0.25) is 0 Å². The molecule has 6 atom stereocenters. The van der Waals surface area contributed by atoms with Gasteiger partial charge < -0.3 is 56.7 Å². The van der Waals surface area contributed by atoms with Crippen LogP contribution in [-0.2, 0) is 43.7 Å². The summed E-state index contributed by atoms with van der Waals surface area (Å²) in [6, 6.07) is 17.2. The van der Waals surface area contributed by atoms with Crippen molar-refractivity contribution < 1.29 is 56.7 Å². The van der Waals surface area contributed by atoms with Gasteiger partial charge in [0, 0.05) is 5.56 Å². The van der Waals surface area contributed by atoms with Crippen LogP contribution in [0.4, 0.5) is 0 Å². The summed E-state index contributed by atoms with van der Waals surface area (Å²) in [5, 5.41) is 0. The number of rotatable bonds is 8. The second-order valence-electron chi connectivity index (χ2n) is 7.55. The average molecular weight is 514 g/mol. The number of benzene rings is 2. The Morgan fingerprint density at radius 1 is 0.824 bits per heavy atom. The lowest BCUT2D eigenvalue weighted by atomic mass is 9.98. The molecule has 0 aliphatic carbocycles. The minimum atomic E-state index is -5.71. The summed E-state index contributed by atoms with van der Waals surface area (Å²) in [4.78, 5) is 46.0. The van der Waals surface area contributed by atoms with Crippen LogP contribution in [0.3, 0.4) is 0 Å². The zero-order chi connectivity index (χ0) is 24.3. The smallest absolute Gasteiger partial charge is 0.187 e. The van der Waals surface area contributed by atoms with Crippen LogP contribution < -0.4 is 19.6 Å². The molecule has 2 aromatic carbocycles. The van der Waals surface area contributed by atoms with Gasteiger partial charge in [-0.25, -0.2) is 0 Å². The first-order valence-electron chi connectivity index (χ1n) is 10.1. The second-order valence-corrected chi connectivity index (χ2v) is 9.76. The normalized spacial score (nSPS) is 30.0. The van der Waals surface area contributed by atoms with Crippen LogP contribution in [0.2, 0.25) is 0 Å². The number of ether oxygens (including phenoxy) is 4. The predicted octanol–water partition coefficient (Wildman–Crippen LogP) is -0.530. The van der Waals surface area contributed by atoms with Crippen molar-refractivity contribution in [2.24, 2.45) is 0 Å². The molecule has 0 radical (unpaired) electrons. The van der Waals surface area contributed by atoms with E-state index in [1.54, 1.807) is 60.7 Å². The first-order valence-corrected chi connectivity index (χ1v) is 13.0. The number of hydrogen-bond acceptors (Lipinski definition) is 12. The molecule has 0 aromatic heterocycles. The van der Waals surface area contributed by atoms with Gasteiger partial charge in [0.15, 0.2) is 12.6 Å². The molecular weight excluding hydrogens is 494 g/mol. The third-order valence-corrected chi connectivity index (χ3v) is 6.12. The first kappa shape index (κ1) is 25.6. The maximum Gasteiger partial charge on any atom is 0.187 e. The number of hydrogen-bond donors (Lipinski definition) is 0. The zero-order valence-electron chi connectivity index (χ0n) is 17.4. The van der Waals surface area contributed by atoms with E-state index in [-0.39, 0.29) is 13.2 Å². The molecule has 12 nitrogen and oxygen atoms in total. The Bertz CT molecular complexity index is 1030. The van der Waals surface area contributed by atoms with E-state index in [4.69, 9.17) is 18.9 Å². The summed E-state index contributed by atoms with van der Waals surface area (Å²) < 4.78 is 55.0. The van der Waals surface area contributed by atoms with Crippen molar-refractivity contribution in [1.82, 2.24) is 0 Å². The summed E-state index contributed by atoms with van der Waals surface area (Å²) in [6.45, 7) is -0.255. The molecule has 2 aliphatic heterocycles. The van der Waals surface area contributed by atoms with Crippen molar-refractivity contribution in [3.05, 3.63) is 71.8 Å². The van der Waals surface area contributed by atoms with Crippen LogP contribution in [-0.4, -0.2) is 37.3 Å². The largest absolute Gasteiger partial charge is 0.790 e. The molecule has 4 rings (SSSR count). The molecule has 2 heterocycles. The quantitative estimate of drug-likeness (QED) is 0.411. The van der Waals surface area contributed by atoms with E-state index in [0.29, 0.717) is 11.1 Å². The van der Waals surface area contributed by atoms with Gasteiger partial charge in [-0.05, 0) is 5.56 Å². The van der Waals surface area contributed by atoms with Crippen LogP contribution in [0.15, 0.2) is 60.7 Å². The van der Waals surface area contributed by atoms with E-state index in [2.05, 4.69) is 9.05 Å². The van der Waals surface area contributed by atoms with E-state index < -0.39 is 52.6 Å². The fourth-order valence-corrected chi connectivity index (χ4v) is 4.80. The Hall–Kier alpha value is -1.50. The van der Waals surface area contributed by atoms with Crippen molar-refractivity contribution in [3.8, 4) is 0 Å². The number of fused-ring (bicyclic) bond motifs is 1. The van der Waals surface area contributed by atoms with E-state index in [1.807, 2.05) is 0 Å². The fourth-order valence-electron chi connectivity index (χ4n) is 3.74. The Morgan fingerprint density at radius 3 is 2.03 bits per heavy atom. The molecule has 1 unspecified atom stereocenters. The Morgan fingerprint density at radius 2 is 1.41 bits per heavy atom. The number of phosphoric ester groups is 2. The summed E-state index contributed by atoms with van der Waals surface area (Å²) in [6.07, 6.45) is -8.81. The maximum absolute atomic E-state index is 11.5. The molecule has 0 N–H and O–H groups in total. The lowest BCUT2D eigenvalue weighted by Crippen LogP contribution is -2.64. The maximum atomic E-state index is 11.5. The van der Waals surface area contributed by atoms with Crippen LogP contribution in [0.25, 0.3) is 0 Å². The molecule has 2 aromatic rings. The van der Waals surface area contributed by atoms with E-state index >= 15 is 0 Å². The SMILES string of the molecule is O=P([O-])([O-])O[C@H]1[C@H]2OC(c3ccccc3)OC[C@H]2O[C@@H](OCc2ccccc2)[C@@H]1OP(=O)([O-])[O-]. The summed E-state index contributed by atoms with van der Waals surface area (Å²) in [5.74, 6) is 0. The second kappa shape index (κ2) is 10.6. The highest BCUT2D eigenvalue weighted by Crippen LogP contribution is 2.44. The minimum Gasteiger partial charge on any atom is -0.790 e. The minimum absolute atomic E-state index is 0.113. The molecular formula is C20H20O12P2-4. The van der Waals surface area contributed by atoms with Crippen molar-refractivity contribution >= 4 is 15.6 Å². The predicted molar refractivity (Wildman–Crippen MR) is 105 cm³/mol. The Labute approximate surface area is 194 Å². The monoisotopic (exact) mass is 514 g/mol. The Kier molecular flexibility index (Phi) is 8.00. The van der Waals surface area contributed by atoms with Gasteiger partial charge in [-0.2, -0.15) is 0 Å². The molecule has 0 bridgehead atoms. The van der Waals surface area contributed by atoms with Gasteiger partial charge in [0.05, 0.1) is 28.9 Å². The highest BCUT2D eigenvalue weighted by Gasteiger charge is 2.52. The molecule has 14 heteroatoms. The van der Waals surface area contributed by atoms with E-state index in [1.165, 1.54) is 0 Å². The van der Waals surface area contributed by atoms with E-state index in [0.717, 1.165) is 0 Å². The van der Waals surface area contributed by atoms with Crippen molar-refractivity contribution in [3.63, 3.8) is 0 Å².